The first-order valence-electron chi connectivity index (χ1n) is 12.0. The number of carbonyl (C=O) groups is 1. The highest BCUT2D eigenvalue weighted by molar-refractivity contribution is 5.92. The number of ether oxygens (including phenoxy) is 2. The third-order valence-corrected chi connectivity index (χ3v) is 7.34. The Morgan fingerprint density at radius 1 is 1.19 bits per heavy atom. The third-order valence-electron chi connectivity index (χ3n) is 7.34. The molecule has 1 aromatic carbocycles. The topological polar surface area (TPSA) is 68.6 Å². The fourth-order valence-corrected chi connectivity index (χ4v) is 5.22. The van der Waals surface area contributed by atoms with Crippen LogP contribution in [0.25, 0.3) is 11.1 Å². The summed E-state index contributed by atoms with van der Waals surface area (Å²) in [6, 6.07) is 5.17. The Labute approximate surface area is 190 Å². The van der Waals surface area contributed by atoms with E-state index < -0.39 is 0 Å². The number of fused-ring (bicyclic) bond motifs is 1. The van der Waals surface area contributed by atoms with Crippen LogP contribution in [0.1, 0.15) is 64.0 Å². The summed E-state index contributed by atoms with van der Waals surface area (Å²) in [4.78, 5) is 14.3. The van der Waals surface area contributed by atoms with Gasteiger partial charge >= 0.3 is 6.09 Å². The largest absolute Gasteiger partial charge is 0.489 e. The number of benzene rings is 1. The van der Waals surface area contributed by atoms with Crippen molar-refractivity contribution >= 4 is 11.8 Å². The second-order valence-electron chi connectivity index (χ2n) is 9.58. The molecule has 1 saturated heterocycles. The maximum atomic E-state index is 12.5. The van der Waals surface area contributed by atoms with Crippen LogP contribution in [0.4, 0.5) is 10.5 Å². The van der Waals surface area contributed by atoms with E-state index in [0.717, 1.165) is 73.2 Å². The van der Waals surface area contributed by atoms with E-state index in [1.165, 1.54) is 13.5 Å². The average Bonchev–Trinajstić information content (AvgIpc) is 3.25. The first-order chi connectivity index (χ1) is 15.5. The molecule has 172 valence electrons. The van der Waals surface area contributed by atoms with Crippen molar-refractivity contribution in [1.82, 2.24) is 15.1 Å². The molecule has 1 amide bonds. The number of hydrogen-bond acceptors (Lipinski definition) is 5. The molecular weight excluding hydrogens is 404 g/mol. The Hall–Kier alpha value is -2.54. The lowest BCUT2D eigenvalue weighted by molar-refractivity contribution is 0.119. The van der Waals surface area contributed by atoms with Crippen LogP contribution in [0, 0.1) is 0 Å². The minimum absolute atomic E-state index is 0.0991. The number of hydrogen-bond donors (Lipinski definition) is 1. The molecule has 0 bridgehead atoms. The molecule has 1 aromatic heterocycles. The lowest BCUT2D eigenvalue weighted by atomic mass is 9.91. The van der Waals surface area contributed by atoms with Gasteiger partial charge in [-0.15, -0.1) is 0 Å². The second kappa shape index (κ2) is 8.77. The van der Waals surface area contributed by atoms with Gasteiger partial charge in [0.2, 0.25) is 0 Å². The van der Waals surface area contributed by atoms with Crippen molar-refractivity contribution in [2.45, 2.75) is 83.0 Å². The molecule has 0 spiro atoms. The molecule has 7 nitrogen and oxygen atoms in total. The van der Waals surface area contributed by atoms with Crippen molar-refractivity contribution in [1.29, 1.82) is 0 Å². The monoisotopic (exact) mass is 438 g/mol. The summed E-state index contributed by atoms with van der Waals surface area (Å²) >= 11 is 0. The van der Waals surface area contributed by atoms with Gasteiger partial charge in [-0.2, -0.15) is 5.10 Å². The van der Waals surface area contributed by atoms with Crippen LogP contribution in [0.3, 0.4) is 0 Å². The molecule has 32 heavy (non-hydrogen) atoms. The number of nitrogens with zero attached hydrogens (tertiary/aromatic N) is 3. The molecule has 1 saturated carbocycles. The number of aromatic nitrogens is 2. The quantitative estimate of drug-likeness (QED) is 0.749. The number of piperidine rings is 1. The summed E-state index contributed by atoms with van der Waals surface area (Å²) in [5.74, 6) is 0.922. The summed E-state index contributed by atoms with van der Waals surface area (Å²) in [7, 11) is 1.44. The van der Waals surface area contributed by atoms with Crippen LogP contribution in [0.5, 0.6) is 5.75 Å². The Balaban J connectivity index is 1.53. The van der Waals surface area contributed by atoms with Gasteiger partial charge in [-0.3, -0.25) is 9.58 Å². The van der Waals surface area contributed by atoms with Crippen molar-refractivity contribution < 1.29 is 14.3 Å². The predicted molar refractivity (Wildman–Crippen MR) is 124 cm³/mol. The third kappa shape index (κ3) is 3.87. The van der Waals surface area contributed by atoms with Gasteiger partial charge in [0.1, 0.15) is 5.75 Å². The first-order valence-corrected chi connectivity index (χ1v) is 12.0. The molecule has 7 heteroatoms. The zero-order chi connectivity index (χ0) is 22.2. The number of amides is 1. The van der Waals surface area contributed by atoms with Crippen molar-refractivity contribution in [2.75, 3.05) is 18.6 Å². The fourth-order valence-electron chi connectivity index (χ4n) is 5.22. The van der Waals surface area contributed by atoms with Gasteiger partial charge in [0.05, 0.1) is 31.1 Å². The smallest absolute Gasteiger partial charge is 0.414 e. The maximum absolute atomic E-state index is 12.5. The van der Waals surface area contributed by atoms with Crippen LogP contribution in [0.2, 0.25) is 0 Å². The van der Waals surface area contributed by atoms with Crippen LogP contribution in [0.15, 0.2) is 24.5 Å². The van der Waals surface area contributed by atoms with E-state index in [1.807, 2.05) is 6.20 Å². The Kier molecular flexibility index (Phi) is 5.84. The van der Waals surface area contributed by atoms with E-state index in [9.17, 15) is 4.79 Å². The van der Waals surface area contributed by atoms with Gasteiger partial charge in [0.15, 0.2) is 0 Å². The molecule has 1 N–H and O–H groups in total. The summed E-state index contributed by atoms with van der Waals surface area (Å²) in [6.45, 7) is 5.33. The molecule has 3 atom stereocenters. The molecule has 3 heterocycles. The standard InChI is InChI=1S/C25H34N4O3/c1-16-13-19(11-12-26-16)28-15-18(14-27-28)21-9-10-23-22(24(21)32-20-5-4-6-20)8-7-17(2)29(23)25(30)31-3/h9-10,14-17,19-20,26H,4-8,11-13H2,1-3H3/t16-,17-,19-/m0/s1. The molecular formula is C25H34N4O3. The molecule has 2 fully saturated rings. The van der Waals surface area contributed by atoms with E-state index in [2.05, 4.69) is 42.2 Å². The average molecular weight is 439 g/mol. The number of anilines is 1. The molecule has 3 aliphatic rings. The highest BCUT2D eigenvalue weighted by Gasteiger charge is 2.33. The van der Waals surface area contributed by atoms with E-state index in [1.54, 1.807) is 4.90 Å². The van der Waals surface area contributed by atoms with E-state index >= 15 is 0 Å². The lowest BCUT2D eigenvalue weighted by Crippen LogP contribution is -2.42. The van der Waals surface area contributed by atoms with Crippen molar-refractivity contribution in [2.24, 2.45) is 0 Å². The molecule has 2 aromatic rings. The van der Waals surface area contributed by atoms with Crippen molar-refractivity contribution in [3.63, 3.8) is 0 Å². The van der Waals surface area contributed by atoms with Gasteiger partial charge < -0.3 is 14.8 Å². The minimum Gasteiger partial charge on any atom is -0.489 e. The number of carbonyl (C=O) groups excluding carboxylic acids is 1. The van der Waals surface area contributed by atoms with Crippen LogP contribution in [-0.4, -0.2) is 47.7 Å². The fraction of sp³-hybridized carbons (Fsp3) is 0.600. The van der Waals surface area contributed by atoms with Gasteiger partial charge in [-0.1, -0.05) is 0 Å². The first kappa shape index (κ1) is 21.3. The summed E-state index contributed by atoms with van der Waals surface area (Å²) in [6.07, 6.45) is 11.4. The molecule has 0 radical (unpaired) electrons. The zero-order valence-corrected chi connectivity index (χ0v) is 19.3. The summed E-state index contributed by atoms with van der Waals surface area (Å²) < 4.78 is 13.8. The zero-order valence-electron chi connectivity index (χ0n) is 19.3. The van der Waals surface area contributed by atoms with Gasteiger partial charge in [-0.25, -0.2) is 4.79 Å². The Morgan fingerprint density at radius 3 is 2.75 bits per heavy atom. The Bertz CT molecular complexity index is 984. The van der Waals surface area contributed by atoms with E-state index in [4.69, 9.17) is 14.6 Å². The number of rotatable bonds is 4. The molecule has 0 unspecified atom stereocenters. The molecule has 5 rings (SSSR count). The van der Waals surface area contributed by atoms with Crippen LogP contribution in [-0.2, 0) is 11.2 Å². The minimum atomic E-state index is -0.311. The highest BCUT2D eigenvalue weighted by atomic mass is 16.5. The number of methoxy groups -OCH3 is 1. The summed E-state index contributed by atoms with van der Waals surface area (Å²) in [5.41, 5.74) is 4.18. The number of nitrogens with one attached hydrogen (secondary N) is 1. The lowest BCUT2D eigenvalue weighted by Gasteiger charge is -2.37. The highest BCUT2D eigenvalue weighted by Crippen LogP contribution is 2.45. The Morgan fingerprint density at radius 2 is 2.03 bits per heavy atom. The predicted octanol–water partition coefficient (Wildman–Crippen LogP) is 4.70. The van der Waals surface area contributed by atoms with Crippen molar-refractivity contribution in [3.05, 3.63) is 30.1 Å². The van der Waals surface area contributed by atoms with Gasteiger partial charge in [0, 0.05) is 35.0 Å². The molecule has 2 aliphatic heterocycles. The SMILES string of the molecule is COC(=O)N1c2ccc(-c3cnn([C@H]4CCN[C@@H](C)C4)c3)c(OC3CCC3)c2CC[C@@H]1C. The molecule has 1 aliphatic carbocycles. The van der Waals surface area contributed by atoms with E-state index in [0.29, 0.717) is 12.1 Å². The van der Waals surface area contributed by atoms with E-state index in [-0.39, 0.29) is 18.2 Å². The van der Waals surface area contributed by atoms with Crippen molar-refractivity contribution in [3.8, 4) is 16.9 Å². The second-order valence-corrected chi connectivity index (χ2v) is 9.58. The maximum Gasteiger partial charge on any atom is 0.414 e. The van der Waals surface area contributed by atoms with Crippen LogP contribution < -0.4 is 15.0 Å². The van der Waals surface area contributed by atoms with Crippen LogP contribution >= 0.6 is 0 Å². The normalized spacial score (nSPS) is 25.7. The summed E-state index contributed by atoms with van der Waals surface area (Å²) in [5, 5.41) is 8.25. The van der Waals surface area contributed by atoms with Gasteiger partial charge in [0.25, 0.3) is 0 Å². The van der Waals surface area contributed by atoms with Gasteiger partial charge in [-0.05, 0) is 77.5 Å².